The first-order valence-corrected chi connectivity index (χ1v) is 8.46. The first-order chi connectivity index (χ1) is 10.2. The van der Waals surface area contributed by atoms with Crippen molar-refractivity contribution in [1.82, 2.24) is 0 Å². The summed E-state index contributed by atoms with van der Waals surface area (Å²) in [6, 6.07) is 16.8. The lowest BCUT2D eigenvalue weighted by Crippen LogP contribution is -3.13. The average Bonchev–Trinajstić information content (AvgIpc) is 2.49. The van der Waals surface area contributed by atoms with Gasteiger partial charge in [0.2, 0.25) is 0 Å². The third-order valence-corrected chi connectivity index (χ3v) is 4.75. The topological polar surface area (TPSA) is 7.68 Å². The maximum absolute atomic E-state index is 5.95. The van der Waals surface area contributed by atoms with Gasteiger partial charge in [0.25, 0.3) is 0 Å². The van der Waals surface area contributed by atoms with Gasteiger partial charge < -0.3 is 9.80 Å². The van der Waals surface area contributed by atoms with E-state index >= 15 is 0 Å². The Morgan fingerprint density at radius 1 is 1.05 bits per heavy atom. The maximum atomic E-state index is 5.95. The molecule has 2 aromatic carbocycles. The highest BCUT2D eigenvalue weighted by molar-refractivity contribution is 9.10. The molecular formula is C17H19BrClN2+. The molecule has 0 atom stereocenters. The average molecular weight is 367 g/mol. The highest BCUT2D eigenvalue weighted by Crippen LogP contribution is 2.17. The van der Waals surface area contributed by atoms with Gasteiger partial charge in [-0.15, -0.1) is 0 Å². The van der Waals surface area contributed by atoms with Gasteiger partial charge in [-0.25, -0.2) is 0 Å². The summed E-state index contributed by atoms with van der Waals surface area (Å²) in [5.74, 6) is 0. The van der Waals surface area contributed by atoms with E-state index in [0.29, 0.717) is 0 Å². The van der Waals surface area contributed by atoms with Gasteiger partial charge in [-0.05, 0) is 36.4 Å². The molecule has 0 radical (unpaired) electrons. The largest absolute Gasteiger partial charge is 0.360 e. The Kier molecular flexibility index (Phi) is 4.84. The summed E-state index contributed by atoms with van der Waals surface area (Å²) < 4.78 is 1.17. The molecule has 0 bridgehead atoms. The first kappa shape index (κ1) is 14.9. The van der Waals surface area contributed by atoms with Crippen LogP contribution in [0.2, 0.25) is 5.02 Å². The van der Waals surface area contributed by atoms with Crippen LogP contribution in [0, 0.1) is 0 Å². The van der Waals surface area contributed by atoms with Crippen molar-refractivity contribution in [1.29, 1.82) is 0 Å². The van der Waals surface area contributed by atoms with E-state index in [0.717, 1.165) is 24.7 Å². The number of benzene rings is 2. The van der Waals surface area contributed by atoms with Crippen LogP contribution in [0.1, 0.15) is 5.56 Å². The molecule has 0 saturated carbocycles. The van der Waals surface area contributed by atoms with Gasteiger partial charge >= 0.3 is 0 Å². The summed E-state index contributed by atoms with van der Waals surface area (Å²) in [4.78, 5) is 4.10. The number of halogens is 2. The molecule has 3 rings (SSSR count). The molecule has 2 aromatic rings. The van der Waals surface area contributed by atoms with E-state index in [1.807, 2.05) is 12.1 Å². The number of quaternary nitrogens is 1. The van der Waals surface area contributed by atoms with Crippen molar-refractivity contribution in [2.24, 2.45) is 0 Å². The Balaban J connectivity index is 1.56. The summed E-state index contributed by atoms with van der Waals surface area (Å²) >= 11 is 9.49. The third-order valence-electron chi connectivity index (χ3n) is 4.01. The van der Waals surface area contributed by atoms with Crippen LogP contribution in [0.15, 0.2) is 53.0 Å². The Labute approximate surface area is 139 Å². The molecule has 1 heterocycles. The second-order valence-electron chi connectivity index (χ2n) is 5.52. The monoisotopic (exact) mass is 365 g/mol. The van der Waals surface area contributed by atoms with E-state index in [9.17, 15) is 0 Å². The molecular weight excluding hydrogens is 348 g/mol. The summed E-state index contributed by atoms with van der Waals surface area (Å²) in [5.41, 5.74) is 2.68. The van der Waals surface area contributed by atoms with Crippen LogP contribution >= 0.6 is 27.5 Å². The van der Waals surface area contributed by atoms with E-state index in [1.54, 1.807) is 4.90 Å². The fourth-order valence-corrected chi connectivity index (χ4v) is 3.42. The lowest BCUT2D eigenvalue weighted by atomic mass is 10.2. The zero-order chi connectivity index (χ0) is 14.7. The van der Waals surface area contributed by atoms with Crippen molar-refractivity contribution >= 4 is 33.2 Å². The summed E-state index contributed by atoms with van der Waals surface area (Å²) in [5, 5.41) is 0.803. The van der Waals surface area contributed by atoms with Gasteiger partial charge in [-0.3, -0.25) is 0 Å². The normalized spacial score (nSPS) is 16.2. The standard InChI is InChI=1S/C17H18BrClN2/c18-15-3-1-2-14(12-15)13-20-8-10-21(11-9-20)17-6-4-16(19)5-7-17/h1-7,12H,8-11,13H2/p+1. The molecule has 0 aliphatic carbocycles. The smallest absolute Gasteiger partial charge is 0.103 e. The van der Waals surface area contributed by atoms with Crippen LogP contribution in [0.3, 0.4) is 0 Å². The Bertz CT molecular complexity index is 592. The number of nitrogens with one attached hydrogen (secondary N) is 1. The fraction of sp³-hybridized carbons (Fsp3) is 0.294. The van der Waals surface area contributed by atoms with E-state index in [-0.39, 0.29) is 0 Å². The molecule has 1 aliphatic heterocycles. The minimum atomic E-state index is 0.803. The lowest BCUT2D eigenvalue weighted by Gasteiger charge is -2.33. The Hall–Kier alpha value is -1.03. The van der Waals surface area contributed by atoms with E-state index < -0.39 is 0 Å². The number of hydrogen-bond acceptors (Lipinski definition) is 1. The SMILES string of the molecule is Clc1ccc(N2CC[NH+](Cc3cccc(Br)c3)CC2)cc1. The van der Waals surface area contributed by atoms with Crippen molar-refractivity contribution < 1.29 is 4.90 Å². The Morgan fingerprint density at radius 3 is 2.43 bits per heavy atom. The molecule has 21 heavy (non-hydrogen) atoms. The lowest BCUT2D eigenvalue weighted by molar-refractivity contribution is -0.914. The number of nitrogens with zero attached hydrogens (tertiary/aromatic N) is 1. The van der Waals surface area contributed by atoms with Crippen LogP contribution in [0.25, 0.3) is 0 Å². The zero-order valence-corrected chi connectivity index (χ0v) is 14.2. The predicted octanol–water partition coefficient (Wildman–Crippen LogP) is 3.01. The number of hydrogen-bond donors (Lipinski definition) is 1. The predicted molar refractivity (Wildman–Crippen MR) is 92.2 cm³/mol. The molecule has 2 nitrogen and oxygen atoms in total. The fourth-order valence-electron chi connectivity index (χ4n) is 2.85. The molecule has 1 aliphatic rings. The Morgan fingerprint density at radius 2 is 1.76 bits per heavy atom. The highest BCUT2D eigenvalue weighted by Gasteiger charge is 2.20. The van der Waals surface area contributed by atoms with Crippen molar-refractivity contribution in [3.05, 3.63) is 63.6 Å². The number of piperazine rings is 1. The summed E-state index contributed by atoms with van der Waals surface area (Å²) in [6.07, 6.45) is 0. The third kappa shape index (κ3) is 4.00. The summed E-state index contributed by atoms with van der Waals surface area (Å²) in [6.45, 7) is 5.66. The van der Waals surface area contributed by atoms with Gasteiger partial charge in [0.15, 0.2) is 0 Å². The van der Waals surface area contributed by atoms with Crippen LogP contribution in [0.5, 0.6) is 0 Å². The second-order valence-corrected chi connectivity index (χ2v) is 6.87. The van der Waals surface area contributed by atoms with Crippen LogP contribution in [-0.2, 0) is 6.54 Å². The molecule has 0 amide bonds. The van der Waals surface area contributed by atoms with Gasteiger partial charge in [0, 0.05) is 20.7 Å². The van der Waals surface area contributed by atoms with Gasteiger partial charge in [-0.1, -0.05) is 39.7 Å². The van der Waals surface area contributed by atoms with E-state index in [1.165, 1.54) is 28.8 Å². The first-order valence-electron chi connectivity index (χ1n) is 7.29. The second kappa shape index (κ2) is 6.82. The van der Waals surface area contributed by atoms with Crippen molar-refractivity contribution in [2.45, 2.75) is 6.54 Å². The maximum Gasteiger partial charge on any atom is 0.103 e. The molecule has 0 spiro atoms. The molecule has 1 saturated heterocycles. The van der Waals surface area contributed by atoms with Crippen LogP contribution < -0.4 is 9.80 Å². The van der Waals surface area contributed by atoms with E-state index in [2.05, 4.69) is 57.2 Å². The van der Waals surface area contributed by atoms with Gasteiger partial charge in [-0.2, -0.15) is 0 Å². The molecule has 0 aromatic heterocycles. The molecule has 0 unspecified atom stereocenters. The minimum Gasteiger partial charge on any atom is -0.360 e. The number of rotatable bonds is 3. The van der Waals surface area contributed by atoms with Gasteiger partial charge in [0.1, 0.15) is 6.54 Å². The molecule has 110 valence electrons. The molecule has 1 fully saturated rings. The number of anilines is 1. The van der Waals surface area contributed by atoms with Crippen molar-refractivity contribution in [3.8, 4) is 0 Å². The van der Waals surface area contributed by atoms with Crippen molar-refractivity contribution in [2.75, 3.05) is 31.1 Å². The van der Waals surface area contributed by atoms with Gasteiger partial charge in [0.05, 0.1) is 26.2 Å². The zero-order valence-electron chi connectivity index (χ0n) is 11.9. The minimum absolute atomic E-state index is 0.803. The molecule has 4 heteroatoms. The summed E-state index contributed by atoms with van der Waals surface area (Å²) in [7, 11) is 0. The van der Waals surface area contributed by atoms with Crippen LogP contribution in [0.4, 0.5) is 5.69 Å². The highest BCUT2D eigenvalue weighted by atomic mass is 79.9. The van der Waals surface area contributed by atoms with Crippen molar-refractivity contribution in [3.63, 3.8) is 0 Å². The quantitative estimate of drug-likeness (QED) is 0.877. The van der Waals surface area contributed by atoms with Crippen LogP contribution in [-0.4, -0.2) is 26.2 Å². The van der Waals surface area contributed by atoms with E-state index in [4.69, 9.17) is 11.6 Å². The molecule has 1 N–H and O–H groups in total.